The minimum atomic E-state index is -0.0319. The SMILES string of the molecule is COc1ccc(O)c(CN2CCc3ccccc3C2CO)c1. The monoisotopic (exact) mass is 299 g/mol. The number of benzene rings is 2. The van der Waals surface area contributed by atoms with E-state index in [1.54, 1.807) is 19.2 Å². The zero-order chi connectivity index (χ0) is 15.5. The largest absolute Gasteiger partial charge is 0.508 e. The number of ether oxygens (including phenoxy) is 1. The van der Waals surface area contributed by atoms with Crippen molar-refractivity contribution in [2.24, 2.45) is 0 Å². The molecule has 0 spiro atoms. The van der Waals surface area contributed by atoms with Gasteiger partial charge in [-0.25, -0.2) is 0 Å². The molecule has 3 rings (SSSR count). The van der Waals surface area contributed by atoms with Gasteiger partial charge in [-0.05, 0) is 35.7 Å². The minimum Gasteiger partial charge on any atom is -0.508 e. The predicted molar refractivity (Wildman–Crippen MR) is 85.0 cm³/mol. The molecule has 0 bridgehead atoms. The van der Waals surface area contributed by atoms with Crippen molar-refractivity contribution in [3.05, 3.63) is 59.2 Å². The molecule has 0 saturated carbocycles. The Bertz CT molecular complexity index is 657. The van der Waals surface area contributed by atoms with Crippen LogP contribution >= 0.6 is 0 Å². The first-order valence-corrected chi connectivity index (χ1v) is 7.51. The highest BCUT2D eigenvalue weighted by Gasteiger charge is 2.27. The molecule has 0 fully saturated rings. The van der Waals surface area contributed by atoms with Crippen LogP contribution in [0.1, 0.15) is 22.7 Å². The van der Waals surface area contributed by atoms with Gasteiger partial charge in [0.1, 0.15) is 11.5 Å². The Labute approximate surface area is 130 Å². The van der Waals surface area contributed by atoms with Crippen LogP contribution in [-0.4, -0.2) is 35.4 Å². The molecule has 2 aromatic rings. The van der Waals surface area contributed by atoms with E-state index in [4.69, 9.17) is 4.74 Å². The number of phenolic OH excluding ortho intramolecular Hbond substituents is 1. The summed E-state index contributed by atoms with van der Waals surface area (Å²) in [5.41, 5.74) is 3.29. The van der Waals surface area contributed by atoms with Gasteiger partial charge in [0, 0.05) is 18.7 Å². The molecule has 0 amide bonds. The highest BCUT2D eigenvalue weighted by molar-refractivity contribution is 5.40. The zero-order valence-electron chi connectivity index (χ0n) is 12.7. The minimum absolute atomic E-state index is 0.0319. The van der Waals surface area contributed by atoms with Crippen molar-refractivity contribution in [3.63, 3.8) is 0 Å². The molecule has 0 saturated heterocycles. The predicted octanol–water partition coefficient (Wildman–Crippen LogP) is 2.49. The Balaban J connectivity index is 1.87. The van der Waals surface area contributed by atoms with Crippen molar-refractivity contribution in [1.82, 2.24) is 4.90 Å². The summed E-state index contributed by atoms with van der Waals surface area (Å²) in [7, 11) is 1.61. The molecular weight excluding hydrogens is 278 g/mol. The van der Waals surface area contributed by atoms with Crippen LogP contribution in [0, 0.1) is 0 Å². The number of methoxy groups -OCH3 is 1. The van der Waals surface area contributed by atoms with E-state index in [9.17, 15) is 10.2 Å². The highest BCUT2D eigenvalue weighted by Crippen LogP contribution is 2.32. The molecule has 1 atom stereocenters. The molecule has 1 aliphatic rings. The van der Waals surface area contributed by atoms with Crippen molar-refractivity contribution < 1.29 is 14.9 Å². The average molecular weight is 299 g/mol. The lowest BCUT2D eigenvalue weighted by molar-refractivity contribution is 0.107. The van der Waals surface area contributed by atoms with Crippen LogP contribution in [0.5, 0.6) is 11.5 Å². The number of phenols is 1. The van der Waals surface area contributed by atoms with Crippen molar-refractivity contribution in [2.75, 3.05) is 20.3 Å². The third kappa shape index (κ3) is 2.80. The van der Waals surface area contributed by atoms with Crippen LogP contribution in [0.2, 0.25) is 0 Å². The zero-order valence-corrected chi connectivity index (χ0v) is 12.7. The van der Waals surface area contributed by atoms with Gasteiger partial charge in [0.15, 0.2) is 0 Å². The quantitative estimate of drug-likeness (QED) is 0.911. The first-order chi connectivity index (χ1) is 10.7. The van der Waals surface area contributed by atoms with Crippen LogP contribution in [0.4, 0.5) is 0 Å². The molecule has 2 aromatic carbocycles. The number of hydrogen-bond donors (Lipinski definition) is 2. The smallest absolute Gasteiger partial charge is 0.120 e. The van der Waals surface area contributed by atoms with E-state index >= 15 is 0 Å². The van der Waals surface area contributed by atoms with Gasteiger partial charge in [0.2, 0.25) is 0 Å². The molecule has 4 nitrogen and oxygen atoms in total. The molecule has 2 N–H and O–H groups in total. The van der Waals surface area contributed by atoms with Gasteiger partial charge in [-0.3, -0.25) is 4.90 Å². The Hall–Kier alpha value is -2.04. The number of hydrogen-bond acceptors (Lipinski definition) is 4. The molecule has 22 heavy (non-hydrogen) atoms. The van der Waals surface area contributed by atoms with E-state index in [0.29, 0.717) is 6.54 Å². The molecule has 1 heterocycles. The summed E-state index contributed by atoms with van der Waals surface area (Å²) in [6.45, 7) is 1.52. The van der Waals surface area contributed by atoms with E-state index < -0.39 is 0 Å². The normalized spacial score (nSPS) is 18.0. The molecule has 0 radical (unpaired) electrons. The number of fused-ring (bicyclic) bond motifs is 1. The molecule has 116 valence electrons. The van der Waals surface area contributed by atoms with E-state index in [1.165, 1.54) is 11.1 Å². The van der Waals surface area contributed by atoms with E-state index in [-0.39, 0.29) is 18.4 Å². The Kier molecular flexibility index (Phi) is 4.32. The van der Waals surface area contributed by atoms with E-state index in [2.05, 4.69) is 17.0 Å². The fourth-order valence-electron chi connectivity index (χ4n) is 3.14. The second kappa shape index (κ2) is 6.38. The number of aliphatic hydroxyl groups is 1. The van der Waals surface area contributed by atoms with Gasteiger partial charge >= 0.3 is 0 Å². The lowest BCUT2D eigenvalue weighted by Gasteiger charge is -2.36. The summed E-state index contributed by atoms with van der Waals surface area (Å²) in [4.78, 5) is 2.21. The molecule has 1 aliphatic heterocycles. The van der Waals surface area contributed by atoms with Gasteiger partial charge < -0.3 is 14.9 Å². The number of rotatable bonds is 4. The highest BCUT2D eigenvalue weighted by atomic mass is 16.5. The van der Waals surface area contributed by atoms with Crippen LogP contribution in [0.3, 0.4) is 0 Å². The summed E-state index contributed by atoms with van der Waals surface area (Å²) in [5, 5.41) is 19.9. The molecule has 0 aromatic heterocycles. The van der Waals surface area contributed by atoms with Crippen LogP contribution in [-0.2, 0) is 13.0 Å². The number of aromatic hydroxyl groups is 1. The van der Waals surface area contributed by atoms with Crippen molar-refractivity contribution in [2.45, 2.75) is 19.0 Å². The summed E-state index contributed by atoms with van der Waals surface area (Å²) in [5.74, 6) is 0.988. The van der Waals surface area contributed by atoms with E-state index in [0.717, 1.165) is 24.3 Å². The number of nitrogens with zero attached hydrogens (tertiary/aromatic N) is 1. The third-order valence-electron chi connectivity index (χ3n) is 4.36. The van der Waals surface area contributed by atoms with Gasteiger partial charge in [0.05, 0.1) is 19.8 Å². The molecule has 1 unspecified atom stereocenters. The fraction of sp³-hybridized carbons (Fsp3) is 0.333. The average Bonchev–Trinajstić information content (AvgIpc) is 2.56. The Morgan fingerprint density at radius 1 is 1.23 bits per heavy atom. The van der Waals surface area contributed by atoms with Gasteiger partial charge in [-0.1, -0.05) is 24.3 Å². The van der Waals surface area contributed by atoms with Gasteiger partial charge in [-0.2, -0.15) is 0 Å². The van der Waals surface area contributed by atoms with Crippen molar-refractivity contribution in [3.8, 4) is 11.5 Å². The van der Waals surface area contributed by atoms with Crippen LogP contribution in [0.25, 0.3) is 0 Å². The molecular formula is C18H21NO3. The van der Waals surface area contributed by atoms with Gasteiger partial charge in [0.25, 0.3) is 0 Å². The summed E-state index contributed by atoms with van der Waals surface area (Å²) in [6, 6.07) is 13.5. The van der Waals surface area contributed by atoms with Gasteiger partial charge in [-0.15, -0.1) is 0 Å². The standard InChI is InChI=1S/C18H21NO3/c1-22-15-6-7-18(21)14(10-15)11-19-9-8-13-4-2-3-5-16(13)17(19)12-20/h2-7,10,17,20-21H,8-9,11-12H2,1H3. The van der Waals surface area contributed by atoms with Crippen LogP contribution < -0.4 is 4.74 Å². The maximum atomic E-state index is 10.1. The van der Waals surface area contributed by atoms with Crippen molar-refractivity contribution >= 4 is 0 Å². The fourth-order valence-corrected chi connectivity index (χ4v) is 3.14. The first-order valence-electron chi connectivity index (χ1n) is 7.51. The lowest BCUT2D eigenvalue weighted by Crippen LogP contribution is -2.36. The van der Waals surface area contributed by atoms with E-state index in [1.807, 2.05) is 18.2 Å². The topological polar surface area (TPSA) is 52.9 Å². The summed E-state index contributed by atoms with van der Waals surface area (Å²) in [6.07, 6.45) is 0.956. The number of aliphatic hydroxyl groups excluding tert-OH is 1. The second-order valence-corrected chi connectivity index (χ2v) is 5.61. The Morgan fingerprint density at radius 3 is 2.82 bits per heavy atom. The van der Waals surface area contributed by atoms with Crippen LogP contribution in [0.15, 0.2) is 42.5 Å². The maximum absolute atomic E-state index is 10.1. The Morgan fingerprint density at radius 2 is 2.05 bits per heavy atom. The lowest BCUT2D eigenvalue weighted by atomic mass is 9.92. The molecule has 0 aliphatic carbocycles. The summed E-state index contributed by atoms with van der Waals surface area (Å²) < 4.78 is 5.23. The maximum Gasteiger partial charge on any atom is 0.120 e. The second-order valence-electron chi connectivity index (χ2n) is 5.61. The molecule has 4 heteroatoms. The third-order valence-corrected chi connectivity index (χ3v) is 4.36. The van der Waals surface area contributed by atoms with Crippen molar-refractivity contribution in [1.29, 1.82) is 0 Å². The summed E-state index contributed by atoms with van der Waals surface area (Å²) >= 11 is 0. The first kappa shape index (κ1) is 14.9.